The van der Waals surface area contributed by atoms with Crippen LogP contribution in [-0.2, 0) is 9.84 Å². The van der Waals surface area contributed by atoms with Crippen LogP contribution in [-0.4, -0.2) is 27.0 Å². The van der Waals surface area contributed by atoms with Crippen molar-refractivity contribution in [1.29, 1.82) is 5.26 Å². The summed E-state index contributed by atoms with van der Waals surface area (Å²) < 4.78 is 34.8. The maximum absolute atomic E-state index is 13.1. The molecule has 1 rings (SSSR count). The van der Waals surface area contributed by atoms with E-state index in [1.807, 2.05) is 0 Å². The Morgan fingerprint density at radius 2 is 2.19 bits per heavy atom. The fourth-order valence-corrected chi connectivity index (χ4v) is 1.57. The van der Waals surface area contributed by atoms with Gasteiger partial charge in [-0.15, -0.1) is 0 Å². The molecule has 16 heavy (non-hydrogen) atoms. The van der Waals surface area contributed by atoms with E-state index in [-0.39, 0.29) is 17.9 Å². The number of nitriles is 1. The van der Waals surface area contributed by atoms with Gasteiger partial charge >= 0.3 is 0 Å². The van der Waals surface area contributed by atoms with Crippen LogP contribution < -0.4 is 5.32 Å². The molecule has 0 saturated heterocycles. The van der Waals surface area contributed by atoms with Crippen molar-refractivity contribution in [1.82, 2.24) is 0 Å². The highest BCUT2D eigenvalue weighted by Gasteiger charge is 2.04. The summed E-state index contributed by atoms with van der Waals surface area (Å²) in [6.07, 6.45) is 1.13. The van der Waals surface area contributed by atoms with E-state index in [0.29, 0.717) is 5.69 Å². The van der Waals surface area contributed by atoms with Gasteiger partial charge in [0.1, 0.15) is 21.7 Å². The van der Waals surface area contributed by atoms with Gasteiger partial charge in [-0.1, -0.05) is 0 Å². The first-order valence-electron chi connectivity index (χ1n) is 4.53. The van der Waals surface area contributed by atoms with Gasteiger partial charge in [0, 0.05) is 18.5 Å². The normalized spacial score (nSPS) is 10.8. The Morgan fingerprint density at radius 3 is 2.69 bits per heavy atom. The fraction of sp³-hybridized carbons (Fsp3) is 0.300. The average molecular weight is 242 g/mol. The Bertz CT molecular complexity index is 520. The van der Waals surface area contributed by atoms with Crippen molar-refractivity contribution >= 4 is 15.5 Å². The summed E-state index contributed by atoms with van der Waals surface area (Å²) >= 11 is 0. The molecule has 0 unspecified atom stereocenters. The van der Waals surface area contributed by atoms with Crippen molar-refractivity contribution in [3.8, 4) is 6.07 Å². The summed E-state index contributed by atoms with van der Waals surface area (Å²) in [6.45, 7) is 0.212. The van der Waals surface area contributed by atoms with Gasteiger partial charge in [-0.25, -0.2) is 12.8 Å². The van der Waals surface area contributed by atoms with Gasteiger partial charge in [-0.05, 0) is 18.2 Å². The molecule has 0 atom stereocenters. The van der Waals surface area contributed by atoms with E-state index in [2.05, 4.69) is 5.32 Å². The second kappa shape index (κ2) is 4.94. The number of hydrogen-bond donors (Lipinski definition) is 1. The van der Waals surface area contributed by atoms with Gasteiger partial charge in [0.05, 0.1) is 11.3 Å². The van der Waals surface area contributed by atoms with Crippen LogP contribution in [0.2, 0.25) is 0 Å². The molecule has 0 heterocycles. The van der Waals surface area contributed by atoms with Crippen LogP contribution in [0.25, 0.3) is 0 Å². The molecule has 0 saturated carbocycles. The Kier molecular flexibility index (Phi) is 3.85. The van der Waals surface area contributed by atoms with Crippen LogP contribution in [0.5, 0.6) is 0 Å². The largest absolute Gasteiger partial charge is 0.384 e. The van der Waals surface area contributed by atoms with Gasteiger partial charge in [0.25, 0.3) is 0 Å². The third-order valence-electron chi connectivity index (χ3n) is 1.89. The van der Waals surface area contributed by atoms with Gasteiger partial charge < -0.3 is 5.32 Å². The lowest BCUT2D eigenvalue weighted by Gasteiger charge is -2.05. The molecule has 0 aromatic heterocycles. The predicted molar refractivity (Wildman–Crippen MR) is 59.3 cm³/mol. The number of benzene rings is 1. The fourth-order valence-electron chi connectivity index (χ4n) is 1.10. The Morgan fingerprint density at radius 1 is 1.50 bits per heavy atom. The van der Waals surface area contributed by atoms with E-state index in [4.69, 9.17) is 5.26 Å². The van der Waals surface area contributed by atoms with Crippen molar-refractivity contribution in [2.24, 2.45) is 0 Å². The lowest BCUT2D eigenvalue weighted by molar-refractivity contribution is 0.602. The van der Waals surface area contributed by atoms with E-state index in [1.165, 1.54) is 18.2 Å². The SMILES string of the molecule is CS(=O)(=O)CCNc1ccc(C#N)c(F)c1. The van der Waals surface area contributed by atoms with E-state index in [1.54, 1.807) is 6.07 Å². The van der Waals surface area contributed by atoms with Crippen LogP contribution in [0.3, 0.4) is 0 Å². The van der Waals surface area contributed by atoms with E-state index in [9.17, 15) is 12.8 Å². The third-order valence-corrected chi connectivity index (χ3v) is 2.84. The zero-order chi connectivity index (χ0) is 12.2. The second-order valence-corrected chi connectivity index (χ2v) is 5.62. The van der Waals surface area contributed by atoms with E-state index >= 15 is 0 Å². The van der Waals surface area contributed by atoms with Crippen LogP contribution in [0.1, 0.15) is 5.56 Å². The highest BCUT2D eigenvalue weighted by atomic mass is 32.2. The first-order valence-corrected chi connectivity index (χ1v) is 6.59. The zero-order valence-corrected chi connectivity index (χ0v) is 9.51. The van der Waals surface area contributed by atoms with Crippen molar-refractivity contribution in [2.75, 3.05) is 23.9 Å². The number of hydrogen-bond acceptors (Lipinski definition) is 4. The topological polar surface area (TPSA) is 70.0 Å². The molecule has 1 aromatic carbocycles. The third kappa shape index (κ3) is 3.87. The minimum absolute atomic E-state index is 0.0192. The molecule has 1 aromatic rings. The maximum atomic E-state index is 13.1. The maximum Gasteiger partial charge on any atom is 0.149 e. The van der Waals surface area contributed by atoms with Gasteiger partial charge in [-0.3, -0.25) is 0 Å². The van der Waals surface area contributed by atoms with Crippen molar-refractivity contribution < 1.29 is 12.8 Å². The smallest absolute Gasteiger partial charge is 0.149 e. The van der Waals surface area contributed by atoms with Crippen LogP contribution >= 0.6 is 0 Å². The van der Waals surface area contributed by atoms with Crippen molar-refractivity contribution in [2.45, 2.75) is 0 Å². The van der Waals surface area contributed by atoms with Crippen molar-refractivity contribution in [3.63, 3.8) is 0 Å². The zero-order valence-electron chi connectivity index (χ0n) is 8.70. The first kappa shape index (κ1) is 12.5. The first-order chi connectivity index (χ1) is 7.42. The Balaban J connectivity index is 2.63. The lowest BCUT2D eigenvalue weighted by Crippen LogP contribution is -2.14. The minimum Gasteiger partial charge on any atom is -0.384 e. The molecule has 4 nitrogen and oxygen atoms in total. The highest BCUT2D eigenvalue weighted by molar-refractivity contribution is 7.90. The summed E-state index contributed by atoms with van der Waals surface area (Å²) in [5.41, 5.74) is 0.425. The molecule has 0 bridgehead atoms. The number of rotatable bonds is 4. The molecule has 0 aliphatic carbocycles. The monoisotopic (exact) mass is 242 g/mol. The molecular formula is C10H11FN2O2S. The quantitative estimate of drug-likeness (QED) is 0.860. The van der Waals surface area contributed by atoms with E-state index in [0.717, 1.165) is 6.26 Å². The van der Waals surface area contributed by atoms with Gasteiger partial charge in [0.15, 0.2) is 0 Å². The number of halogens is 1. The summed E-state index contributed by atoms with van der Waals surface area (Å²) in [5.74, 6) is -0.638. The number of anilines is 1. The molecule has 0 radical (unpaired) electrons. The van der Waals surface area contributed by atoms with Crippen LogP contribution in [0.15, 0.2) is 18.2 Å². The summed E-state index contributed by atoms with van der Waals surface area (Å²) in [4.78, 5) is 0. The highest BCUT2D eigenvalue weighted by Crippen LogP contribution is 2.13. The Labute approximate surface area is 93.6 Å². The molecule has 0 fully saturated rings. The molecule has 0 spiro atoms. The number of nitrogens with one attached hydrogen (secondary N) is 1. The number of nitrogens with zero attached hydrogens (tertiary/aromatic N) is 1. The molecule has 6 heteroatoms. The van der Waals surface area contributed by atoms with Gasteiger partial charge in [-0.2, -0.15) is 5.26 Å². The summed E-state index contributed by atoms with van der Waals surface area (Å²) in [5, 5.41) is 11.3. The molecule has 0 aliphatic rings. The van der Waals surface area contributed by atoms with Crippen LogP contribution in [0, 0.1) is 17.1 Å². The molecule has 0 aliphatic heterocycles. The summed E-state index contributed by atoms with van der Waals surface area (Å²) in [6, 6.07) is 5.75. The number of sulfone groups is 1. The van der Waals surface area contributed by atoms with E-state index < -0.39 is 15.7 Å². The molecule has 1 N–H and O–H groups in total. The second-order valence-electron chi connectivity index (χ2n) is 3.36. The standard InChI is InChI=1S/C10H11FN2O2S/c1-16(14,15)5-4-13-9-3-2-8(7-12)10(11)6-9/h2-3,6,13H,4-5H2,1H3. The molecule has 86 valence electrons. The van der Waals surface area contributed by atoms with Gasteiger partial charge in [0.2, 0.25) is 0 Å². The van der Waals surface area contributed by atoms with Crippen molar-refractivity contribution in [3.05, 3.63) is 29.6 Å². The molecular weight excluding hydrogens is 231 g/mol. The average Bonchev–Trinajstić information content (AvgIpc) is 2.16. The Hall–Kier alpha value is -1.61. The summed E-state index contributed by atoms with van der Waals surface area (Å²) in [7, 11) is -3.03. The predicted octanol–water partition coefficient (Wildman–Crippen LogP) is 1.15. The lowest BCUT2D eigenvalue weighted by atomic mass is 10.2. The minimum atomic E-state index is -3.03. The van der Waals surface area contributed by atoms with Crippen LogP contribution in [0.4, 0.5) is 10.1 Å². The molecule has 0 amide bonds.